The average molecular weight is 325 g/mol. The van der Waals surface area contributed by atoms with Crippen molar-refractivity contribution in [2.24, 2.45) is 11.3 Å². The molecule has 1 fully saturated rings. The van der Waals surface area contributed by atoms with E-state index >= 15 is 0 Å². The molecular formula is C16H25BrN2. The Hall–Kier alpha value is -0.540. The van der Waals surface area contributed by atoms with Crippen molar-refractivity contribution in [3.63, 3.8) is 0 Å². The average Bonchev–Trinajstić information content (AvgIpc) is 2.33. The van der Waals surface area contributed by atoms with E-state index in [1.807, 2.05) is 0 Å². The van der Waals surface area contributed by atoms with Crippen LogP contribution in [0.1, 0.15) is 25.8 Å². The van der Waals surface area contributed by atoms with E-state index in [9.17, 15) is 0 Å². The molecule has 1 aliphatic rings. The maximum Gasteiger partial charge on any atom is 0.0510 e. The highest BCUT2D eigenvalue weighted by atomic mass is 79.9. The van der Waals surface area contributed by atoms with Crippen molar-refractivity contribution in [2.45, 2.75) is 27.2 Å². The summed E-state index contributed by atoms with van der Waals surface area (Å²) in [5.74, 6) is 0.694. The monoisotopic (exact) mass is 324 g/mol. The highest BCUT2D eigenvalue weighted by molar-refractivity contribution is 9.10. The van der Waals surface area contributed by atoms with E-state index in [-0.39, 0.29) is 0 Å². The summed E-state index contributed by atoms with van der Waals surface area (Å²) in [6.07, 6.45) is 1.25. The third-order valence-electron chi connectivity index (χ3n) is 4.47. The number of hydrogen-bond acceptors (Lipinski definition) is 2. The Morgan fingerprint density at radius 1 is 1.42 bits per heavy atom. The van der Waals surface area contributed by atoms with Crippen molar-refractivity contribution in [1.29, 1.82) is 0 Å². The Kier molecular flexibility index (Phi) is 4.57. The number of nitrogens with zero attached hydrogens (tertiary/aromatic N) is 1. The summed E-state index contributed by atoms with van der Waals surface area (Å²) < 4.78 is 1.22. The summed E-state index contributed by atoms with van der Waals surface area (Å²) in [7, 11) is 2.05. The Balaban J connectivity index is 2.18. The molecule has 1 unspecified atom stereocenters. The minimum atomic E-state index is 0.427. The van der Waals surface area contributed by atoms with Crippen LogP contribution in [-0.2, 0) is 0 Å². The van der Waals surface area contributed by atoms with Crippen LogP contribution in [0.2, 0.25) is 0 Å². The van der Waals surface area contributed by atoms with Gasteiger partial charge in [-0.2, -0.15) is 0 Å². The van der Waals surface area contributed by atoms with E-state index in [1.54, 1.807) is 0 Å². The first-order chi connectivity index (χ1) is 8.94. The van der Waals surface area contributed by atoms with Crippen LogP contribution in [0.5, 0.6) is 0 Å². The minimum Gasteiger partial charge on any atom is -0.370 e. The third-order valence-corrected chi connectivity index (χ3v) is 5.10. The molecule has 0 spiro atoms. The topological polar surface area (TPSA) is 15.3 Å². The molecule has 2 rings (SSSR count). The smallest absolute Gasteiger partial charge is 0.0510 e. The zero-order chi connectivity index (χ0) is 14.0. The van der Waals surface area contributed by atoms with Gasteiger partial charge in [0.05, 0.1) is 5.69 Å². The summed E-state index contributed by atoms with van der Waals surface area (Å²) in [5, 5.41) is 3.35. The van der Waals surface area contributed by atoms with Gasteiger partial charge in [-0.25, -0.2) is 0 Å². The molecule has 0 radical (unpaired) electrons. The first-order valence-corrected chi connectivity index (χ1v) is 7.89. The molecule has 0 aromatic heterocycles. The van der Waals surface area contributed by atoms with Crippen LogP contribution in [-0.4, -0.2) is 26.7 Å². The zero-order valence-corrected chi connectivity index (χ0v) is 14.0. The molecule has 106 valence electrons. The van der Waals surface area contributed by atoms with Crippen LogP contribution in [0.25, 0.3) is 0 Å². The van der Waals surface area contributed by atoms with Gasteiger partial charge in [-0.15, -0.1) is 0 Å². The second-order valence-electron chi connectivity index (χ2n) is 6.39. The van der Waals surface area contributed by atoms with Crippen molar-refractivity contribution in [3.8, 4) is 0 Å². The first kappa shape index (κ1) is 14.9. The van der Waals surface area contributed by atoms with E-state index in [0.29, 0.717) is 11.3 Å². The molecule has 1 aromatic carbocycles. The normalized spacial score (nSPS) is 22.6. The quantitative estimate of drug-likeness (QED) is 0.909. The van der Waals surface area contributed by atoms with Crippen molar-refractivity contribution < 1.29 is 0 Å². The van der Waals surface area contributed by atoms with Crippen LogP contribution in [0, 0.1) is 18.3 Å². The van der Waals surface area contributed by atoms with Gasteiger partial charge in [0.15, 0.2) is 0 Å². The van der Waals surface area contributed by atoms with E-state index in [2.05, 4.69) is 72.2 Å². The molecule has 1 saturated heterocycles. The molecule has 3 heteroatoms. The predicted molar refractivity (Wildman–Crippen MR) is 86.9 cm³/mol. The van der Waals surface area contributed by atoms with Crippen molar-refractivity contribution in [2.75, 3.05) is 31.6 Å². The summed E-state index contributed by atoms with van der Waals surface area (Å²) in [5.41, 5.74) is 3.07. The summed E-state index contributed by atoms with van der Waals surface area (Å²) in [4.78, 5) is 2.52. The molecule has 0 saturated carbocycles. The maximum atomic E-state index is 3.71. The number of piperidine rings is 1. The molecule has 2 nitrogen and oxygen atoms in total. The van der Waals surface area contributed by atoms with Gasteiger partial charge in [0.1, 0.15) is 0 Å². The van der Waals surface area contributed by atoms with Gasteiger partial charge in [-0.1, -0.05) is 19.9 Å². The lowest BCUT2D eigenvalue weighted by Gasteiger charge is -2.45. The summed E-state index contributed by atoms with van der Waals surface area (Å²) in [6.45, 7) is 10.3. The Labute approximate surface area is 125 Å². The molecule has 0 amide bonds. The molecule has 1 N–H and O–H groups in total. The van der Waals surface area contributed by atoms with Crippen molar-refractivity contribution in [1.82, 2.24) is 5.32 Å². The zero-order valence-electron chi connectivity index (χ0n) is 12.5. The van der Waals surface area contributed by atoms with Crippen LogP contribution in [0.4, 0.5) is 5.69 Å². The molecule has 1 aliphatic heterocycles. The van der Waals surface area contributed by atoms with E-state index < -0.39 is 0 Å². The highest BCUT2D eigenvalue weighted by Crippen LogP contribution is 2.38. The second-order valence-corrected chi connectivity index (χ2v) is 7.25. The molecule has 19 heavy (non-hydrogen) atoms. The standard InChI is InChI=1S/C16H25BrN2/c1-12-5-6-15(14(17)9-12)19-8-7-16(2,3)13(11-19)10-18-4/h5-6,9,13,18H,7-8,10-11H2,1-4H3. The van der Waals surface area contributed by atoms with E-state index in [4.69, 9.17) is 0 Å². The molecular weight excluding hydrogens is 300 g/mol. The first-order valence-electron chi connectivity index (χ1n) is 7.10. The van der Waals surface area contributed by atoms with Crippen LogP contribution >= 0.6 is 15.9 Å². The van der Waals surface area contributed by atoms with Gasteiger partial charge in [0.25, 0.3) is 0 Å². The summed E-state index contributed by atoms with van der Waals surface area (Å²) >= 11 is 3.71. The van der Waals surface area contributed by atoms with Gasteiger partial charge < -0.3 is 10.2 Å². The number of benzene rings is 1. The highest BCUT2D eigenvalue weighted by Gasteiger charge is 2.35. The molecule has 1 heterocycles. The number of nitrogens with one attached hydrogen (secondary N) is 1. The maximum absolute atomic E-state index is 3.71. The fourth-order valence-electron chi connectivity index (χ4n) is 2.91. The van der Waals surface area contributed by atoms with Gasteiger partial charge >= 0.3 is 0 Å². The van der Waals surface area contributed by atoms with Gasteiger partial charge in [-0.05, 0) is 71.9 Å². The lowest BCUT2D eigenvalue weighted by atomic mass is 9.73. The van der Waals surface area contributed by atoms with Gasteiger partial charge in [0.2, 0.25) is 0 Å². The Morgan fingerprint density at radius 3 is 2.79 bits per heavy atom. The van der Waals surface area contributed by atoms with E-state index in [0.717, 1.165) is 19.6 Å². The second kappa shape index (κ2) is 5.84. The summed E-state index contributed by atoms with van der Waals surface area (Å²) in [6, 6.07) is 6.66. The lowest BCUT2D eigenvalue weighted by molar-refractivity contribution is 0.169. The molecule has 1 atom stereocenters. The largest absolute Gasteiger partial charge is 0.370 e. The van der Waals surface area contributed by atoms with Crippen LogP contribution in [0.15, 0.2) is 22.7 Å². The fourth-order valence-corrected chi connectivity index (χ4v) is 3.65. The minimum absolute atomic E-state index is 0.427. The fraction of sp³-hybridized carbons (Fsp3) is 0.625. The predicted octanol–water partition coefficient (Wildman–Crippen LogP) is 3.83. The number of halogens is 1. The molecule has 1 aromatic rings. The molecule has 0 bridgehead atoms. The Bertz CT molecular complexity index is 442. The number of hydrogen-bond donors (Lipinski definition) is 1. The lowest BCUT2D eigenvalue weighted by Crippen LogP contribution is -2.48. The SMILES string of the molecule is CNCC1CN(c2ccc(C)cc2Br)CCC1(C)C. The molecule has 0 aliphatic carbocycles. The van der Waals surface area contributed by atoms with Crippen LogP contribution in [0.3, 0.4) is 0 Å². The van der Waals surface area contributed by atoms with Crippen molar-refractivity contribution in [3.05, 3.63) is 28.2 Å². The number of rotatable bonds is 3. The van der Waals surface area contributed by atoms with Crippen molar-refractivity contribution >= 4 is 21.6 Å². The Morgan fingerprint density at radius 2 is 2.16 bits per heavy atom. The van der Waals surface area contributed by atoms with Gasteiger partial charge in [-0.3, -0.25) is 0 Å². The number of anilines is 1. The van der Waals surface area contributed by atoms with Crippen LogP contribution < -0.4 is 10.2 Å². The van der Waals surface area contributed by atoms with Gasteiger partial charge in [0, 0.05) is 17.6 Å². The third kappa shape index (κ3) is 3.32. The number of aryl methyl sites for hydroxylation is 1. The van der Waals surface area contributed by atoms with E-state index in [1.165, 1.54) is 22.1 Å².